The van der Waals surface area contributed by atoms with Crippen LogP contribution >= 0.6 is 0 Å². The van der Waals surface area contributed by atoms with Crippen molar-refractivity contribution in [3.63, 3.8) is 0 Å². The monoisotopic (exact) mass is 826 g/mol. The lowest BCUT2D eigenvalue weighted by Crippen LogP contribution is -2.37. The number of rotatable bonds is 6. The highest BCUT2D eigenvalue weighted by molar-refractivity contribution is 6.89. The molecule has 2 aliphatic rings. The van der Waals surface area contributed by atoms with E-state index in [1.165, 1.54) is 22.5 Å². The number of fused-ring (bicyclic) bond motifs is 2. The molecule has 0 fully saturated rings. The number of nitriles is 5. The molecule has 7 rings (SSSR count). The van der Waals surface area contributed by atoms with Crippen molar-refractivity contribution in [3.05, 3.63) is 187 Å². The Morgan fingerprint density at radius 3 is 1.32 bits per heavy atom. The highest BCUT2D eigenvalue weighted by Gasteiger charge is 2.38. The van der Waals surface area contributed by atoms with Crippen LogP contribution in [0.2, 0.25) is 39.3 Å². The SMILES string of the molecule is [C-]#[N+]C1=C(c2ccc([Si](C)(C)C)cc2)/C(=C(/C#N)c2cc([N+]#[C-])cc([N+]#[C-])c2)c2cc3c(cc21)/C(=C(\C#N)c1cc(C#N)cc(C#N)c1)C(c1ccc([Si](C)(C)C)cc1)=C3C#N. The summed E-state index contributed by atoms with van der Waals surface area (Å²) in [5.74, 6) is 0. The van der Waals surface area contributed by atoms with E-state index in [4.69, 9.17) is 19.7 Å². The van der Waals surface area contributed by atoms with Gasteiger partial charge in [-0.1, -0.05) is 122 Å². The maximum Gasteiger partial charge on any atom is 0.203 e. The lowest BCUT2D eigenvalue weighted by Gasteiger charge is -2.18. The van der Waals surface area contributed by atoms with Crippen molar-refractivity contribution in [3.8, 4) is 30.3 Å². The van der Waals surface area contributed by atoms with Crippen molar-refractivity contribution in [1.82, 2.24) is 0 Å². The van der Waals surface area contributed by atoms with Gasteiger partial charge in [-0.2, -0.15) is 26.3 Å². The Morgan fingerprint density at radius 2 is 0.903 bits per heavy atom. The van der Waals surface area contributed by atoms with Crippen molar-refractivity contribution >= 4 is 82.6 Å². The fraction of sp³-hybridized carbons (Fsp3) is 0.115. The molecule has 0 N–H and O–H groups in total. The Kier molecular flexibility index (Phi) is 10.6. The summed E-state index contributed by atoms with van der Waals surface area (Å²) in [6, 6.07) is 40.2. The zero-order chi connectivity index (χ0) is 44.7. The fourth-order valence-electron chi connectivity index (χ4n) is 8.09. The first-order valence-corrected chi connectivity index (χ1v) is 26.5. The molecule has 0 bridgehead atoms. The summed E-state index contributed by atoms with van der Waals surface area (Å²) in [6.45, 7) is 37.7. The van der Waals surface area contributed by atoms with Crippen LogP contribution < -0.4 is 10.4 Å². The van der Waals surface area contributed by atoms with Gasteiger partial charge in [0.1, 0.15) is 18.2 Å². The molecule has 62 heavy (non-hydrogen) atoms. The van der Waals surface area contributed by atoms with E-state index in [1.54, 1.807) is 24.3 Å². The minimum atomic E-state index is -1.74. The summed E-state index contributed by atoms with van der Waals surface area (Å²) in [6.07, 6.45) is 0. The molecular formula is C52H34N8Si2. The maximum atomic E-state index is 11.1. The standard InChI is InChI=1S/C52H34N8Si2/c1-58-37-21-36(22-38(23-37)59-2)46(29-56)51-43-24-41-42(25-44(43)52(60-3)49(51)34-12-16-40(17-13-34)62(7,8)9)50(45(28-55)35-19-31(26-53)18-32(20-35)27-54)48(47(41)30-57)33-10-14-39(15-11-33)61(4,5)6/h10-25H,4-9H3/b50-45-,51-46-. The van der Waals surface area contributed by atoms with Gasteiger partial charge in [-0.05, 0) is 74.4 Å². The van der Waals surface area contributed by atoms with E-state index in [9.17, 15) is 26.3 Å². The minimum Gasteiger partial charge on any atom is -0.239 e. The second kappa shape index (κ2) is 15.9. The van der Waals surface area contributed by atoms with Crippen LogP contribution in [-0.2, 0) is 0 Å². The third kappa shape index (κ3) is 7.13. The zero-order valence-corrected chi connectivity index (χ0v) is 36.8. The van der Waals surface area contributed by atoms with Crippen molar-refractivity contribution in [2.24, 2.45) is 0 Å². The zero-order valence-electron chi connectivity index (χ0n) is 34.8. The van der Waals surface area contributed by atoms with Gasteiger partial charge in [0.15, 0.2) is 11.4 Å². The van der Waals surface area contributed by atoms with Gasteiger partial charge in [-0.15, -0.1) is 0 Å². The first-order chi connectivity index (χ1) is 29.6. The summed E-state index contributed by atoms with van der Waals surface area (Å²) >= 11 is 0. The van der Waals surface area contributed by atoms with Crippen molar-refractivity contribution in [2.45, 2.75) is 39.3 Å². The third-order valence-corrected chi connectivity index (χ3v) is 15.3. The molecule has 0 radical (unpaired) electrons. The van der Waals surface area contributed by atoms with E-state index in [0.717, 1.165) is 0 Å². The third-order valence-electron chi connectivity index (χ3n) is 11.2. The lowest BCUT2D eigenvalue weighted by atomic mass is 9.87. The Labute approximate surface area is 363 Å². The quantitative estimate of drug-likeness (QED) is 0.0955. The average molecular weight is 827 g/mol. The van der Waals surface area contributed by atoms with Crippen LogP contribution in [0.5, 0.6) is 0 Å². The molecule has 0 amide bonds. The van der Waals surface area contributed by atoms with Crippen LogP contribution in [0.4, 0.5) is 11.4 Å². The molecule has 2 aliphatic carbocycles. The minimum absolute atomic E-state index is 0.138. The van der Waals surface area contributed by atoms with Crippen molar-refractivity contribution in [2.75, 3.05) is 0 Å². The number of nitrogens with zero attached hydrogens (tertiary/aromatic N) is 8. The van der Waals surface area contributed by atoms with Crippen LogP contribution in [0.1, 0.15) is 55.6 Å². The second-order valence-electron chi connectivity index (χ2n) is 17.0. The summed E-state index contributed by atoms with van der Waals surface area (Å²) in [4.78, 5) is 11.3. The molecule has 0 unspecified atom stereocenters. The van der Waals surface area contributed by atoms with Crippen LogP contribution in [0.15, 0.2) is 97.1 Å². The van der Waals surface area contributed by atoms with Crippen molar-refractivity contribution < 1.29 is 0 Å². The van der Waals surface area contributed by atoms with Gasteiger partial charge >= 0.3 is 0 Å². The molecule has 0 atom stereocenters. The molecule has 0 aliphatic heterocycles. The Hall–Kier alpha value is -8.59. The first kappa shape index (κ1) is 41.6. The van der Waals surface area contributed by atoms with Gasteiger partial charge in [-0.3, -0.25) is 0 Å². The fourth-order valence-corrected chi connectivity index (χ4v) is 10.4. The second-order valence-corrected chi connectivity index (χ2v) is 27.2. The summed E-state index contributed by atoms with van der Waals surface area (Å²) in [5, 5.41) is 55.6. The molecule has 5 aromatic rings. The Bertz CT molecular complexity index is 3020. The van der Waals surface area contributed by atoms with Gasteiger partial charge in [0, 0.05) is 16.7 Å². The molecule has 0 saturated heterocycles. The van der Waals surface area contributed by atoms with Crippen molar-refractivity contribution in [1.29, 1.82) is 26.3 Å². The van der Waals surface area contributed by atoms with E-state index in [1.807, 2.05) is 36.4 Å². The van der Waals surface area contributed by atoms with Crippen LogP contribution in [-0.4, -0.2) is 16.1 Å². The smallest absolute Gasteiger partial charge is 0.203 e. The predicted octanol–water partition coefficient (Wildman–Crippen LogP) is 11.7. The predicted molar refractivity (Wildman–Crippen MR) is 251 cm³/mol. The van der Waals surface area contributed by atoms with Gasteiger partial charge in [0.25, 0.3) is 0 Å². The average Bonchev–Trinajstić information content (AvgIpc) is 3.76. The largest absolute Gasteiger partial charge is 0.239 e. The lowest BCUT2D eigenvalue weighted by molar-refractivity contribution is 1.43. The molecule has 0 aromatic heterocycles. The van der Waals surface area contributed by atoms with Crippen LogP contribution in [0.25, 0.3) is 59.2 Å². The maximum absolute atomic E-state index is 11.1. The molecule has 0 spiro atoms. The molecule has 0 saturated carbocycles. The van der Waals surface area contributed by atoms with Crippen LogP contribution in [0, 0.1) is 76.4 Å². The molecule has 290 valence electrons. The highest BCUT2D eigenvalue weighted by atomic mass is 28.3. The van der Waals surface area contributed by atoms with Gasteiger partial charge in [0.2, 0.25) is 5.70 Å². The Balaban J connectivity index is 1.65. The molecule has 8 nitrogen and oxygen atoms in total. The number of hydrogen-bond acceptors (Lipinski definition) is 5. The van der Waals surface area contributed by atoms with Crippen LogP contribution in [0.3, 0.4) is 0 Å². The molecular weight excluding hydrogens is 793 g/mol. The summed E-state index contributed by atoms with van der Waals surface area (Å²) < 4.78 is 0. The highest BCUT2D eigenvalue weighted by Crippen LogP contribution is 2.56. The number of hydrogen-bond donors (Lipinski definition) is 0. The molecule has 5 aromatic carbocycles. The number of allylic oxidation sites excluding steroid dienone is 7. The molecule has 0 heterocycles. The van der Waals surface area contributed by atoms with Gasteiger partial charge in [0.05, 0.1) is 75.8 Å². The topological polar surface area (TPSA) is 132 Å². The summed E-state index contributed by atoms with van der Waals surface area (Å²) in [7, 11) is -3.48. The van der Waals surface area contributed by atoms with E-state index in [-0.39, 0.29) is 44.9 Å². The summed E-state index contributed by atoms with van der Waals surface area (Å²) in [5.41, 5.74) is 7.36. The van der Waals surface area contributed by atoms with E-state index < -0.39 is 16.1 Å². The van der Waals surface area contributed by atoms with E-state index >= 15 is 0 Å². The first-order valence-electron chi connectivity index (χ1n) is 19.5. The van der Waals surface area contributed by atoms with Gasteiger partial charge < -0.3 is 0 Å². The van der Waals surface area contributed by atoms with E-state index in [2.05, 4.69) is 108 Å². The number of benzene rings is 5. The van der Waals surface area contributed by atoms with Gasteiger partial charge in [-0.25, -0.2) is 14.5 Å². The van der Waals surface area contributed by atoms with E-state index in [0.29, 0.717) is 66.8 Å². The Morgan fingerprint density at radius 1 is 0.468 bits per heavy atom. The molecule has 10 heteroatoms. The normalized spacial score (nSPS) is 14.4.